The van der Waals surface area contributed by atoms with Gasteiger partial charge in [0.1, 0.15) is 0 Å². The SMILES string of the molecule is Cc1n[nH]c(C)c1C(C)n1ccc2c(NC(=O)CC34CC5CC(CC(C5)C3)C4)cccc2c1=O. The Morgan fingerprint density at radius 1 is 1.12 bits per heavy atom. The van der Waals surface area contributed by atoms with E-state index in [4.69, 9.17) is 0 Å². The van der Waals surface area contributed by atoms with E-state index in [1.807, 2.05) is 51.2 Å². The lowest BCUT2D eigenvalue weighted by Gasteiger charge is -2.56. The maximum atomic E-state index is 13.4. The Kier molecular flexibility index (Phi) is 4.98. The van der Waals surface area contributed by atoms with Crippen LogP contribution >= 0.6 is 0 Å². The second kappa shape index (κ2) is 7.82. The molecule has 6 nitrogen and oxygen atoms in total. The van der Waals surface area contributed by atoms with Gasteiger partial charge < -0.3 is 9.88 Å². The largest absolute Gasteiger partial charge is 0.325 e. The predicted octanol–water partition coefficient (Wildman–Crippen LogP) is 5.50. The smallest absolute Gasteiger partial charge is 0.259 e. The van der Waals surface area contributed by atoms with Crippen molar-refractivity contribution in [2.75, 3.05) is 5.32 Å². The minimum absolute atomic E-state index is 0.0535. The van der Waals surface area contributed by atoms with Gasteiger partial charge in [0.2, 0.25) is 5.91 Å². The van der Waals surface area contributed by atoms with Crippen LogP contribution in [0.25, 0.3) is 10.8 Å². The number of anilines is 1. The third-order valence-corrected chi connectivity index (χ3v) is 8.97. The molecule has 0 aliphatic heterocycles. The van der Waals surface area contributed by atoms with Crippen molar-refractivity contribution in [3.05, 3.63) is 57.8 Å². The van der Waals surface area contributed by atoms with Gasteiger partial charge in [-0.3, -0.25) is 14.7 Å². The van der Waals surface area contributed by atoms with Crippen LogP contribution < -0.4 is 10.9 Å². The second-order valence-corrected chi connectivity index (χ2v) is 11.5. The lowest BCUT2D eigenvalue weighted by atomic mass is 9.49. The molecule has 2 heterocycles. The number of amides is 1. The van der Waals surface area contributed by atoms with Gasteiger partial charge >= 0.3 is 0 Å². The van der Waals surface area contributed by atoms with E-state index in [1.54, 1.807) is 4.57 Å². The first kappa shape index (κ1) is 21.6. The van der Waals surface area contributed by atoms with Crippen LogP contribution in [0.2, 0.25) is 0 Å². The highest BCUT2D eigenvalue weighted by molar-refractivity contribution is 6.02. The van der Waals surface area contributed by atoms with Gasteiger partial charge in [-0.2, -0.15) is 5.10 Å². The Bertz CT molecular complexity index is 1280. The maximum absolute atomic E-state index is 13.4. The molecule has 2 aromatic heterocycles. The van der Waals surface area contributed by atoms with E-state index < -0.39 is 0 Å². The van der Waals surface area contributed by atoms with Gasteiger partial charge in [0.15, 0.2) is 0 Å². The molecule has 1 atom stereocenters. The molecule has 0 saturated heterocycles. The standard InChI is InChI=1S/C28H34N4O2/c1-16-26(17(2)31-30-16)18(3)32-8-7-22-23(27(32)34)5-4-6-24(22)29-25(33)15-28-12-19-9-20(13-28)11-21(10-19)14-28/h4-8,18-21H,9-15H2,1-3H3,(H,29,33)(H,30,31). The van der Waals surface area contributed by atoms with Crippen LogP contribution in [0.3, 0.4) is 0 Å². The van der Waals surface area contributed by atoms with Gasteiger partial charge in [-0.25, -0.2) is 0 Å². The number of hydrogen-bond donors (Lipinski definition) is 2. The molecule has 2 N–H and O–H groups in total. The number of fused-ring (bicyclic) bond motifs is 1. The van der Waals surface area contributed by atoms with Crippen molar-refractivity contribution in [2.24, 2.45) is 23.2 Å². The second-order valence-electron chi connectivity index (χ2n) is 11.5. The molecule has 178 valence electrons. The van der Waals surface area contributed by atoms with E-state index >= 15 is 0 Å². The average molecular weight is 459 g/mol. The van der Waals surface area contributed by atoms with Crippen LogP contribution in [0, 0.1) is 37.0 Å². The number of pyridine rings is 1. The molecule has 6 heteroatoms. The van der Waals surface area contributed by atoms with Crippen molar-refractivity contribution in [3.8, 4) is 0 Å². The monoisotopic (exact) mass is 458 g/mol. The van der Waals surface area contributed by atoms with Gasteiger partial charge in [-0.05, 0) is 101 Å². The van der Waals surface area contributed by atoms with Gasteiger partial charge in [0, 0.05) is 40.3 Å². The molecule has 0 spiro atoms. The summed E-state index contributed by atoms with van der Waals surface area (Å²) in [7, 11) is 0. The molecule has 34 heavy (non-hydrogen) atoms. The maximum Gasteiger partial charge on any atom is 0.259 e. The molecular weight excluding hydrogens is 424 g/mol. The molecule has 4 fully saturated rings. The summed E-state index contributed by atoms with van der Waals surface area (Å²) in [5, 5.41) is 11.9. The summed E-state index contributed by atoms with van der Waals surface area (Å²) < 4.78 is 1.76. The first-order chi connectivity index (χ1) is 16.3. The van der Waals surface area contributed by atoms with Crippen molar-refractivity contribution >= 4 is 22.4 Å². The lowest BCUT2D eigenvalue weighted by molar-refractivity contribution is -0.124. The van der Waals surface area contributed by atoms with E-state index in [0.717, 1.165) is 45.8 Å². The molecule has 1 unspecified atom stereocenters. The minimum atomic E-state index is -0.134. The molecule has 4 bridgehead atoms. The van der Waals surface area contributed by atoms with Crippen molar-refractivity contribution in [3.63, 3.8) is 0 Å². The quantitative estimate of drug-likeness (QED) is 0.530. The normalized spacial score (nSPS) is 28.4. The third-order valence-electron chi connectivity index (χ3n) is 8.97. The van der Waals surface area contributed by atoms with Gasteiger partial charge in [-0.1, -0.05) is 6.07 Å². The first-order valence-electron chi connectivity index (χ1n) is 12.8. The van der Waals surface area contributed by atoms with Gasteiger partial charge in [0.25, 0.3) is 5.56 Å². The number of carbonyl (C=O) groups is 1. The fourth-order valence-corrected chi connectivity index (χ4v) is 8.06. The molecule has 4 aliphatic rings. The summed E-state index contributed by atoms with van der Waals surface area (Å²) in [5.74, 6) is 2.59. The van der Waals surface area contributed by atoms with Crippen LogP contribution in [0.15, 0.2) is 35.3 Å². The van der Waals surface area contributed by atoms with E-state index in [1.165, 1.54) is 38.5 Å². The first-order valence-corrected chi connectivity index (χ1v) is 12.8. The fourth-order valence-electron chi connectivity index (χ4n) is 8.06. The van der Waals surface area contributed by atoms with Crippen molar-refractivity contribution in [1.82, 2.24) is 14.8 Å². The number of carbonyl (C=O) groups excluding carboxylic acids is 1. The number of benzene rings is 1. The zero-order valence-corrected chi connectivity index (χ0v) is 20.4. The Labute approximate surface area is 200 Å². The molecule has 1 amide bonds. The number of nitrogens with one attached hydrogen (secondary N) is 2. The van der Waals surface area contributed by atoms with Crippen LogP contribution in [-0.4, -0.2) is 20.7 Å². The van der Waals surface area contributed by atoms with Crippen molar-refractivity contribution < 1.29 is 4.79 Å². The molecule has 7 rings (SSSR count). The molecule has 4 saturated carbocycles. The topological polar surface area (TPSA) is 79.8 Å². The van der Waals surface area contributed by atoms with Crippen LogP contribution in [0.1, 0.15) is 74.9 Å². The number of H-pyrrole nitrogens is 1. The minimum Gasteiger partial charge on any atom is -0.325 e. The zero-order valence-electron chi connectivity index (χ0n) is 20.4. The Morgan fingerprint density at radius 2 is 1.79 bits per heavy atom. The number of aromatic nitrogens is 3. The third kappa shape index (κ3) is 3.50. The molecular formula is C28H34N4O2. The van der Waals surface area contributed by atoms with E-state index in [2.05, 4.69) is 15.5 Å². The van der Waals surface area contributed by atoms with Crippen LogP contribution in [0.4, 0.5) is 5.69 Å². The highest BCUT2D eigenvalue weighted by Crippen LogP contribution is 2.61. The summed E-state index contributed by atoms with van der Waals surface area (Å²) in [5.41, 5.74) is 3.81. The molecule has 1 aromatic carbocycles. The number of aryl methyl sites for hydroxylation is 2. The van der Waals surface area contributed by atoms with Crippen molar-refractivity contribution in [2.45, 2.75) is 71.8 Å². The highest BCUT2D eigenvalue weighted by Gasteiger charge is 2.51. The number of aromatic amines is 1. The van der Waals surface area contributed by atoms with E-state index in [0.29, 0.717) is 11.8 Å². The highest BCUT2D eigenvalue weighted by atomic mass is 16.1. The molecule has 0 radical (unpaired) electrons. The van der Waals surface area contributed by atoms with Gasteiger partial charge in [0.05, 0.1) is 11.7 Å². The summed E-state index contributed by atoms with van der Waals surface area (Å²) in [6, 6.07) is 7.46. The number of rotatable bonds is 5. The fraction of sp³-hybridized carbons (Fsp3) is 0.536. The Hall–Kier alpha value is -2.89. The Morgan fingerprint density at radius 3 is 2.41 bits per heavy atom. The number of nitrogens with zero attached hydrogens (tertiary/aromatic N) is 2. The predicted molar refractivity (Wildman–Crippen MR) is 134 cm³/mol. The lowest BCUT2D eigenvalue weighted by Crippen LogP contribution is -2.47. The van der Waals surface area contributed by atoms with Crippen molar-refractivity contribution in [1.29, 1.82) is 0 Å². The number of hydrogen-bond acceptors (Lipinski definition) is 3. The van der Waals surface area contributed by atoms with Crippen LogP contribution in [0.5, 0.6) is 0 Å². The summed E-state index contributed by atoms with van der Waals surface area (Å²) >= 11 is 0. The zero-order chi connectivity index (χ0) is 23.6. The van der Waals surface area contributed by atoms with Crippen LogP contribution in [-0.2, 0) is 4.79 Å². The summed E-state index contributed by atoms with van der Waals surface area (Å²) in [6.07, 6.45) is 10.3. The summed E-state index contributed by atoms with van der Waals surface area (Å²) in [4.78, 5) is 26.7. The average Bonchev–Trinajstić information content (AvgIpc) is 3.10. The van der Waals surface area contributed by atoms with E-state index in [-0.39, 0.29) is 22.9 Å². The van der Waals surface area contributed by atoms with E-state index in [9.17, 15) is 9.59 Å². The Balaban J connectivity index is 1.27. The molecule has 4 aliphatic carbocycles. The summed E-state index contributed by atoms with van der Waals surface area (Å²) in [6.45, 7) is 5.96. The molecule has 3 aromatic rings. The van der Waals surface area contributed by atoms with Gasteiger partial charge in [-0.15, -0.1) is 0 Å².